The number of carbonyl (C=O) groups is 1. The Labute approximate surface area is 215 Å². The fraction of sp³-hybridized carbons (Fsp3) is 0.129. The van der Waals surface area contributed by atoms with Crippen molar-refractivity contribution in [1.82, 2.24) is 9.97 Å². The molecule has 1 N–H and O–H groups in total. The van der Waals surface area contributed by atoms with Crippen LogP contribution in [-0.2, 0) is 11.4 Å². The average Bonchev–Trinajstić information content (AvgIpc) is 2.94. The Morgan fingerprint density at radius 2 is 1.46 bits per heavy atom. The molecule has 6 heteroatoms. The lowest BCUT2D eigenvalue weighted by Crippen LogP contribution is -2.02. The van der Waals surface area contributed by atoms with Gasteiger partial charge in [0.2, 0.25) is 5.88 Å². The summed E-state index contributed by atoms with van der Waals surface area (Å²) in [6.07, 6.45) is 0.562. The highest BCUT2D eigenvalue weighted by atomic mass is 16.5. The summed E-state index contributed by atoms with van der Waals surface area (Å²) in [5.41, 5.74) is 3.72. The molecule has 0 bridgehead atoms. The van der Waals surface area contributed by atoms with Crippen LogP contribution in [0.1, 0.15) is 18.4 Å². The summed E-state index contributed by atoms with van der Waals surface area (Å²) >= 11 is 0. The molecule has 184 valence electrons. The first-order valence-electron chi connectivity index (χ1n) is 12.1. The quantitative estimate of drug-likeness (QED) is 0.217. The van der Waals surface area contributed by atoms with Gasteiger partial charge in [-0.1, -0.05) is 78.9 Å². The smallest absolute Gasteiger partial charge is 0.303 e. The van der Waals surface area contributed by atoms with Crippen LogP contribution >= 0.6 is 0 Å². The third kappa shape index (κ3) is 6.30. The molecule has 0 saturated heterocycles. The summed E-state index contributed by atoms with van der Waals surface area (Å²) < 4.78 is 11.8. The minimum atomic E-state index is -0.818. The zero-order chi connectivity index (χ0) is 25.5. The Balaban J connectivity index is 1.42. The molecule has 0 fully saturated rings. The molecule has 5 aromatic rings. The minimum absolute atomic E-state index is 0.0933. The van der Waals surface area contributed by atoms with Crippen LogP contribution in [-0.4, -0.2) is 27.7 Å². The van der Waals surface area contributed by atoms with Crippen molar-refractivity contribution >= 4 is 16.7 Å². The molecule has 0 radical (unpaired) electrons. The Kier molecular flexibility index (Phi) is 7.36. The van der Waals surface area contributed by atoms with E-state index >= 15 is 0 Å². The largest absolute Gasteiger partial charge is 0.494 e. The predicted octanol–water partition coefficient (Wildman–Crippen LogP) is 6.79. The Hall–Kier alpha value is -4.71. The van der Waals surface area contributed by atoms with Crippen LogP contribution in [0, 0.1) is 0 Å². The molecule has 0 saturated carbocycles. The zero-order valence-corrected chi connectivity index (χ0v) is 20.2. The highest BCUT2D eigenvalue weighted by Gasteiger charge is 2.11. The molecule has 0 unspecified atom stereocenters. The third-order valence-corrected chi connectivity index (χ3v) is 5.88. The third-order valence-electron chi connectivity index (χ3n) is 5.88. The average molecular weight is 491 g/mol. The van der Waals surface area contributed by atoms with Crippen LogP contribution in [0.4, 0.5) is 0 Å². The number of carboxylic acids is 1. The van der Waals surface area contributed by atoms with E-state index in [-0.39, 0.29) is 6.42 Å². The molecule has 0 aliphatic rings. The number of ether oxygens (including phenoxy) is 2. The van der Waals surface area contributed by atoms with E-state index in [1.165, 1.54) is 0 Å². The van der Waals surface area contributed by atoms with Crippen molar-refractivity contribution in [3.63, 3.8) is 0 Å². The van der Waals surface area contributed by atoms with Crippen LogP contribution < -0.4 is 9.47 Å². The summed E-state index contributed by atoms with van der Waals surface area (Å²) in [7, 11) is 0. The molecule has 1 heterocycles. The van der Waals surface area contributed by atoms with Crippen molar-refractivity contribution in [3.05, 3.63) is 109 Å². The van der Waals surface area contributed by atoms with Crippen LogP contribution in [0.15, 0.2) is 103 Å². The fourth-order valence-electron chi connectivity index (χ4n) is 3.98. The number of hydrogen-bond acceptors (Lipinski definition) is 5. The highest BCUT2D eigenvalue weighted by molar-refractivity contribution is 5.87. The number of carboxylic acid groups (broad SMARTS) is 1. The molecular weight excluding hydrogens is 464 g/mol. The highest BCUT2D eigenvalue weighted by Crippen LogP contribution is 2.29. The van der Waals surface area contributed by atoms with E-state index in [4.69, 9.17) is 24.5 Å². The Bertz CT molecular complexity index is 1500. The van der Waals surface area contributed by atoms with Crippen molar-refractivity contribution in [1.29, 1.82) is 0 Å². The number of aromatic nitrogens is 2. The monoisotopic (exact) mass is 490 g/mol. The number of hydrogen-bond donors (Lipinski definition) is 1. The number of benzene rings is 4. The predicted molar refractivity (Wildman–Crippen MR) is 144 cm³/mol. The van der Waals surface area contributed by atoms with E-state index in [1.807, 2.05) is 97.1 Å². The zero-order valence-electron chi connectivity index (χ0n) is 20.2. The van der Waals surface area contributed by atoms with Crippen LogP contribution in [0.5, 0.6) is 11.6 Å². The van der Waals surface area contributed by atoms with E-state index in [0.717, 1.165) is 33.2 Å². The topological polar surface area (TPSA) is 81.5 Å². The van der Waals surface area contributed by atoms with E-state index in [0.29, 0.717) is 37.1 Å². The van der Waals surface area contributed by atoms with Gasteiger partial charge in [0.15, 0.2) is 5.82 Å². The Morgan fingerprint density at radius 1 is 0.730 bits per heavy atom. The second kappa shape index (κ2) is 11.4. The van der Waals surface area contributed by atoms with E-state index in [9.17, 15) is 4.79 Å². The summed E-state index contributed by atoms with van der Waals surface area (Å²) in [6.45, 7) is 0.778. The first kappa shape index (κ1) is 24.0. The number of nitrogens with zero attached hydrogens (tertiary/aromatic N) is 2. The first-order chi connectivity index (χ1) is 18.1. The molecule has 0 atom stereocenters. The molecule has 0 aliphatic carbocycles. The van der Waals surface area contributed by atoms with Crippen molar-refractivity contribution in [2.24, 2.45) is 0 Å². The summed E-state index contributed by atoms with van der Waals surface area (Å²) in [5.74, 6) is 0.990. The Morgan fingerprint density at radius 3 is 2.24 bits per heavy atom. The maximum Gasteiger partial charge on any atom is 0.303 e. The normalized spacial score (nSPS) is 10.8. The SMILES string of the molecule is O=C(O)CCCOc1ccc2cc(-c3nc(OCc4ccccc4)cc(-c4ccccc4)n3)ccc2c1. The van der Waals surface area contributed by atoms with Crippen LogP contribution in [0.3, 0.4) is 0 Å². The lowest BCUT2D eigenvalue weighted by Gasteiger charge is -2.11. The molecule has 1 aromatic heterocycles. The summed E-state index contributed by atoms with van der Waals surface area (Å²) in [5, 5.41) is 10.8. The van der Waals surface area contributed by atoms with Crippen molar-refractivity contribution in [3.8, 4) is 34.3 Å². The standard InChI is InChI=1S/C31H26N2O4/c34-30(35)12-7-17-36-27-16-15-24-18-26(14-13-25(24)19-27)31-32-28(23-10-5-2-6-11-23)20-29(33-31)37-21-22-8-3-1-4-9-22/h1-6,8-11,13-16,18-20H,7,12,17,21H2,(H,34,35). The molecule has 4 aromatic carbocycles. The van der Waals surface area contributed by atoms with Crippen LogP contribution in [0.25, 0.3) is 33.4 Å². The number of rotatable bonds is 10. The van der Waals surface area contributed by atoms with E-state index in [2.05, 4.69) is 6.07 Å². The van der Waals surface area contributed by atoms with Crippen LogP contribution in [0.2, 0.25) is 0 Å². The molecule has 37 heavy (non-hydrogen) atoms. The van der Waals surface area contributed by atoms with Gasteiger partial charge in [0, 0.05) is 23.6 Å². The molecule has 0 amide bonds. The first-order valence-corrected chi connectivity index (χ1v) is 12.1. The fourth-order valence-corrected chi connectivity index (χ4v) is 3.98. The van der Waals surface area contributed by atoms with Crippen molar-refractivity contribution in [2.75, 3.05) is 6.61 Å². The second-order valence-corrected chi connectivity index (χ2v) is 8.62. The minimum Gasteiger partial charge on any atom is -0.494 e. The lowest BCUT2D eigenvalue weighted by molar-refractivity contribution is -0.137. The number of aliphatic carboxylic acids is 1. The molecule has 6 nitrogen and oxygen atoms in total. The van der Waals surface area contributed by atoms with Gasteiger partial charge in [-0.05, 0) is 41.0 Å². The molecule has 5 rings (SSSR count). The second-order valence-electron chi connectivity index (χ2n) is 8.62. The van der Waals surface area contributed by atoms with Gasteiger partial charge in [-0.2, -0.15) is 4.98 Å². The number of fused-ring (bicyclic) bond motifs is 1. The molecule has 0 spiro atoms. The summed E-state index contributed by atoms with van der Waals surface area (Å²) in [6, 6.07) is 33.7. The van der Waals surface area contributed by atoms with Crippen molar-refractivity contribution < 1.29 is 19.4 Å². The van der Waals surface area contributed by atoms with Gasteiger partial charge in [-0.15, -0.1) is 0 Å². The van der Waals surface area contributed by atoms with Gasteiger partial charge in [0.1, 0.15) is 12.4 Å². The molecule has 0 aliphatic heterocycles. The van der Waals surface area contributed by atoms with Gasteiger partial charge in [0.05, 0.1) is 12.3 Å². The van der Waals surface area contributed by atoms with Gasteiger partial charge in [0.25, 0.3) is 0 Å². The van der Waals surface area contributed by atoms with E-state index in [1.54, 1.807) is 0 Å². The van der Waals surface area contributed by atoms with Gasteiger partial charge >= 0.3 is 5.97 Å². The van der Waals surface area contributed by atoms with Gasteiger partial charge in [-0.25, -0.2) is 4.98 Å². The van der Waals surface area contributed by atoms with E-state index < -0.39 is 5.97 Å². The maximum atomic E-state index is 10.7. The van der Waals surface area contributed by atoms with Gasteiger partial charge < -0.3 is 14.6 Å². The van der Waals surface area contributed by atoms with Crippen molar-refractivity contribution in [2.45, 2.75) is 19.4 Å². The molecular formula is C31H26N2O4. The van der Waals surface area contributed by atoms with Gasteiger partial charge in [-0.3, -0.25) is 4.79 Å². The maximum absolute atomic E-state index is 10.7. The lowest BCUT2D eigenvalue weighted by atomic mass is 10.1. The summed E-state index contributed by atoms with van der Waals surface area (Å²) in [4.78, 5) is 20.3.